The highest BCUT2D eigenvalue weighted by atomic mass is 14.7. The van der Waals surface area contributed by atoms with E-state index in [0.29, 0.717) is 0 Å². The number of hydrogen-bond donors (Lipinski definition) is 1. The summed E-state index contributed by atoms with van der Waals surface area (Å²) in [6.07, 6.45) is 6.30. The van der Waals surface area contributed by atoms with E-state index >= 15 is 0 Å². The van der Waals surface area contributed by atoms with E-state index in [1.807, 2.05) is 6.92 Å². The number of benzene rings is 3. The first kappa shape index (κ1) is 15.5. The van der Waals surface area contributed by atoms with Gasteiger partial charge in [-0.15, -0.1) is 0 Å². The fourth-order valence-corrected chi connectivity index (χ4v) is 3.29. The zero-order valence-electron chi connectivity index (χ0n) is 14.6. The Balaban J connectivity index is 1.90. The maximum atomic E-state index is 3.53. The van der Waals surface area contributed by atoms with Crippen LogP contribution in [0.4, 0.5) is 0 Å². The maximum Gasteiger partial charge on any atom is 0.0465 e. The van der Waals surface area contributed by atoms with Gasteiger partial charge in [-0.3, -0.25) is 0 Å². The summed E-state index contributed by atoms with van der Waals surface area (Å²) in [5.41, 5.74) is 7.40. The van der Waals surface area contributed by atoms with Crippen molar-refractivity contribution in [2.75, 3.05) is 0 Å². The van der Waals surface area contributed by atoms with Crippen LogP contribution in [-0.2, 0) is 0 Å². The van der Waals surface area contributed by atoms with E-state index in [1.165, 1.54) is 44.1 Å². The number of rotatable bonds is 3. The lowest BCUT2D eigenvalue weighted by Crippen LogP contribution is -1.79. The van der Waals surface area contributed by atoms with Crippen molar-refractivity contribution in [2.24, 2.45) is 0 Å². The Bertz CT molecular complexity index is 1100. The van der Waals surface area contributed by atoms with Gasteiger partial charge >= 0.3 is 0 Å². The van der Waals surface area contributed by atoms with E-state index in [1.54, 1.807) is 0 Å². The van der Waals surface area contributed by atoms with Gasteiger partial charge in [-0.2, -0.15) is 0 Å². The number of nitrogens with one attached hydrogen (secondary N) is 1. The largest absolute Gasteiger partial charge is 0.355 e. The molecule has 1 heterocycles. The molecule has 3 aromatic carbocycles. The van der Waals surface area contributed by atoms with E-state index in [4.69, 9.17) is 0 Å². The first-order chi connectivity index (χ1) is 12.3. The van der Waals surface area contributed by atoms with Gasteiger partial charge < -0.3 is 4.98 Å². The van der Waals surface area contributed by atoms with Gasteiger partial charge in [-0.25, -0.2) is 0 Å². The van der Waals surface area contributed by atoms with Crippen LogP contribution in [0.15, 0.2) is 85.0 Å². The van der Waals surface area contributed by atoms with Crippen molar-refractivity contribution >= 4 is 27.4 Å². The molecule has 0 bridgehead atoms. The minimum atomic E-state index is 1.18. The van der Waals surface area contributed by atoms with Gasteiger partial charge in [-0.1, -0.05) is 60.7 Å². The highest BCUT2D eigenvalue weighted by Crippen LogP contribution is 2.31. The normalized spacial score (nSPS) is 12.5. The smallest absolute Gasteiger partial charge is 0.0465 e. The molecule has 4 aromatic rings. The van der Waals surface area contributed by atoms with Crippen LogP contribution < -0.4 is 0 Å². The van der Waals surface area contributed by atoms with E-state index in [-0.39, 0.29) is 0 Å². The standard InChI is InChI=1S/C24H21N/c1-3-4-8-17(2)19-11-13-23-21(15-19)22-16-20(12-14-24(22)25-23)18-9-6-5-7-10-18/h3-16,25H,1-2H3/b4-3-,17-8+. The zero-order valence-corrected chi connectivity index (χ0v) is 14.6. The van der Waals surface area contributed by atoms with E-state index in [9.17, 15) is 0 Å². The summed E-state index contributed by atoms with van der Waals surface area (Å²) in [7, 11) is 0. The van der Waals surface area contributed by atoms with Gasteiger partial charge in [0.15, 0.2) is 0 Å². The molecule has 0 atom stereocenters. The van der Waals surface area contributed by atoms with Crippen LogP contribution >= 0.6 is 0 Å². The van der Waals surface area contributed by atoms with Gasteiger partial charge in [0.25, 0.3) is 0 Å². The lowest BCUT2D eigenvalue weighted by Gasteiger charge is -2.03. The molecule has 0 fully saturated rings. The quantitative estimate of drug-likeness (QED) is 0.392. The van der Waals surface area contributed by atoms with Crippen molar-refractivity contribution in [3.05, 3.63) is 90.5 Å². The second kappa shape index (κ2) is 6.45. The Labute approximate surface area is 148 Å². The van der Waals surface area contributed by atoms with E-state index in [0.717, 1.165) is 0 Å². The molecule has 0 saturated heterocycles. The fourth-order valence-electron chi connectivity index (χ4n) is 3.29. The molecule has 0 saturated carbocycles. The molecule has 0 aliphatic rings. The molecule has 0 radical (unpaired) electrons. The second-order valence-electron chi connectivity index (χ2n) is 6.39. The van der Waals surface area contributed by atoms with Crippen LogP contribution in [0, 0.1) is 0 Å². The van der Waals surface area contributed by atoms with Gasteiger partial charge in [0.2, 0.25) is 0 Å². The number of allylic oxidation sites excluding steroid dienone is 4. The number of H-pyrrole nitrogens is 1. The van der Waals surface area contributed by atoms with Crippen molar-refractivity contribution in [1.82, 2.24) is 4.98 Å². The Hall–Kier alpha value is -3.06. The van der Waals surface area contributed by atoms with Gasteiger partial charge in [0, 0.05) is 21.8 Å². The summed E-state index contributed by atoms with van der Waals surface area (Å²) in [5, 5.41) is 2.55. The number of hydrogen-bond acceptors (Lipinski definition) is 0. The highest BCUT2D eigenvalue weighted by molar-refractivity contribution is 6.09. The third-order valence-corrected chi connectivity index (χ3v) is 4.70. The van der Waals surface area contributed by atoms with Gasteiger partial charge in [-0.05, 0) is 60.4 Å². The molecule has 1 heteroatoms. The predicted octanol–water partition coefficient (Wildman–Crippen LogP) is 6.97. The maximum absolute atomic E-state index is 3.53. The highest BCUT2D eigenvalue weighted by Gasteiger charge is 2.07. The molecule has 0 aliphatic heterocycles. The van der Waals surface area contributed by atoms with Crippen LogP contribution in [-0.4, -0.2) is 4.98 Å². The van der Waals surface area contributed by atoms with Crippen LogP contribution in [0.2, 0.25) is 0 Å². The van der Waals surface area contributed by atoms with Crippen LogP contribution in [0.3, 0.4) is 0 Å². The predicted molar refractivity (Wildman–Crippen MR) is 110 cm³/mol. The van der Waals surface area contributed by atoms with Crippen LogP contribution in [0.1, 0.15) is 19.4 Å². The zero-order chi connectivity index (χ0) is 17.2. The molecule has 0 spiro atoms. The second-order valence-corrected chi connectivity index (χ2v) is 6.39. The molecular weight excluding hydrogens is 302 g/mol. The van der Waals surface area contributed by atoms with Crippen molar-refractivity contribution in [3.8, 4) is 11.1 Å². The topological polar surface area (TPSA) is 15.8 Å². The molecule has 0 unspecified atom stereocenters. The summed E-state index contributed by atoms with van der Waals surface area (Å²) in [5.74, 6) is 0. The molecule has 0 aliphatic carbocycles. The number of aromatic amines is 1. The monoisotopic (exact) mass is 323 g/mol. The summed E-state index contributed by atoms with van der Waals surface area (Å²) in [6.45, 7) is 4.20. The molecule has 1 aromatic heterocycles. The van der Waals surface area contributed by atoms with E-state index in [2.05, 4.69) is 96.9 Å². The molecule has 122 valence electrons. The Morgan fingerprint density at radius 2 is 1.52 bits per heavy atom. The summed E-state index contributed by atoms with van der Waals surface area (Å²) < 4.78 is 0. The SMILES string of the molecule is C/C=C\C=C(/C)c1ccc2[nH]c3ccc(-c4ccccc4)cc3c2c1. The molecule has 4 rings (SSSR count). The summed E-state index contributed by atoms with van der Waals surface area (Å²) >= 11 is 0. The Kier molecular flexibility index (Phi) is 3.99. The van der Waals surface area contributed by atoms with Crippen molar-refractivity contribution in [2.45, 2.75) is 13.8 Å². The minimum Gasteiger partial charge on any atom is -0.355 e. The number of aromatic nitrogens is 1. The van der Waals surface area contributed by atoms with Gasteiger partial charge in [0.05, 0.1) is 0 Å². The fraction of sp³-hybridized carbons (Fsp3) is 0.0833. The van der Waals surface area contributed by atoms with Crippen LogP contribution in [0.5, 0.6) is 0 Å². The van der Waals surface area contributed by atoms with Crippen molar-refractivity contribution in [1.29, 1.82) is 0 Å². The first-order valence-electron chi connectivity index (χ1n) is 8.67. The number of fused-ring (bicyclic) bond motifs is 3. The molecular formula is C24H21N. The van der Waals surface area contributed by atoms with Crippen LogP contribution in [0.25, 0.3) is 38.5 Å². The average Bonchev–Trinajstić information content (AvgIpc) is 3.03. The Morgan fingerprint density at radius 1 is 0.800 bits per heavy atom. The Morgan fingerprint density at radius 3 is 2.28 bits per heavy atom. The van der Waals surface area contributed by atoms with Crippen molar-refractivity contribution < 1.29 is 0 Å². The minimum absolute atomic E-state index is 1.18. The summed E-state index contributed by atoms with van der Waals surface area (Å²) in [4.78, 5) is 3.53. The van der Waals surface area contributed by atoms with Gasteiger partial charge in [0.1, 0.15) is 0 Å². The molecule has 0 amide bonds. The lowest BCUT2D eigenvalue weighted by molar-refractivity contribution is 1.53. The lowest BCUT2D eigenvalue weighted by atomic mass is 10.0. The van der Waals surface area contributed by atoms with E-state index < -0.39 is 0 Å². The molecule has 25 heavy (non-hydrogen) atoms. The molecule has 1 nitrogen and oxygen atoms in total. The first-order valence-corrected chi connectivity index (χ1v) is 8.67. The third-order valence-electron chi connectivity index (χ3n) is 4.70. The summed E-state index contributed by atoms with van der Waals surface area (Å²) in [6, 6.07) is 23.9. The third kappa shape index (κ3) is 2.89. The van der Waals surface area contributed by atoms with Crippen molar-refractivity contribution in [3.63, 3.8) is 0 Å². The molecule has 1 N–H and O–H groups in total. The average molecular weight is 323 g/mol.